The molecule has 10 heteroatoms. The minimum absolute atomic E-state index is 0.432. The molecular formula is C12H12F3NO6. The zero-order chi connectivity index (χ0) is 17.1. The van der Waals surface area contributed by atoms with Crippen LogP contribution in [-0.2, 0) is 15.7 Å². The molecule has 0 aromatic heterocycles. The van der Waals surface area contributed by atoms with Crippen LogP contribution in [0.2, 0.25) is 0 Å². The number of aliphatic hydroxyl groups excluding tert-OH is 2. The monoisotopic (exact) mass is 323 g/mol. The van der Waals surface area contributed by atoms with Gasteiger partial charge in [0.2, 0.25) is 0 Å². The van der Waals surface area contributed by atoms with Gasteiger partial charge >= 0.3 is 12.1 Å². The van der Waals surface area contributed by atoms with Gasteiger partial charge in [-0.2, -0.15) is 13.2 Å². The molecule has 0 amide bonds. The highest BCUT2D eigenvalue weighted by atomic mass is 19.4. The first-order chi connectivity index (χ1) is 10.1. The first-order valence-corrected chi connectivity index (χ1v) is 5.86. The van der Waals surface area contributed by atoms with Gasteiger partial charge in [-0.3, -0.25) is 14.9 Å². The van der Waals surface area contributed by atoms with E-state index in [4.69, 9.17) is 0 Å². The molecule has 0 fully saturated rings. The van der Waals surface area contributed by atoms with Crippen LogP contribution in [0, 0.1) is 10.1 Å². The maximum Gasteiger partial charge on any atom is 0.416 e. The van der Waals surface area contributed by atoms with Crippen molar-refractivity contribution < 1.29 is 37.8 Å². The van der Waals surface area contributed by atoms with Gasteiger partial charge in [0.15, 0.2) is 0 Å². The molecule has 1 aromatic rings. The molecule has 0 radical (unpaired) electrons. The van der Waals surface area contributed by atoms with Gasteiger partial charge in [0.05, 0.1) is 30.1 Å². The number of non-ortho nitro benzene ring substituents is 1. The number of rotatable bonds is 5. The number of nitro benzene ring substituents is 1. The summed E-state index contributed by atoms with van der Waals surface area (Å²) in [6, 6.07) is 1.57. The Morgan fingerprint density at radius 2 is 2.00 bits per heavy atom. The van der Waals surface area contributed by atoms with Crippen LogP contribution in [0.3, 0.4) is 0 Å². The van der Waals surface area contributed by atoms with Crippen LogP contribution in [0.5, 0.6) is 0 Å². The van der Waals surface area contributed by atoms with E-state index in [1.807, 2.05) is 0 Å². The third-order valence-electron chi connectivity index (χ3n) is 2.84. The summed E-state index contributed by atoms with van der Waals surface area (Å²) in [7, 11) is 0.996. The van der Waals surface area contributed by atoms with E-state index in [2.05, 4.69) is 4.74 Å². The third kappa shape index (κ3) is 4.15. The van der Waals surface area contributed by atoms with Crippen molar-refractivity contribution in [1.29, 1.82) is 0 Å². The number of methoxy groups -OCH3 is 1. The topological polar surface area (TPSA) is 110 Å². The van der Waals surface area contributed by atoms with E-state index in [1.54, 1.807) is 0 Å². The summed E-state index contributed by atoms with van der Waals surface area (Å²) in [4.78, 5) is 20.7. The number of hydrogen-bond acceptors (Lipinski definition) is 6. The number of nitrogens with zero attached hydrogens (tertiary/aromatic N) is 1. The molecule has 22 heavy (non-hydrogen) atoms. The summed E-state index contributed by atoms with van der Waals surface area (Å²) in [5.41, 5.74) is -2.92. The van der Waals surface area contributed by atoms with E-state index in [9.17, 15) is 38.3 Å². The van der Waals surface area contributed by atoms with Crippen molar-refractivity contribution in [2.45, 2.75) is 24.8 Å². The largest absolute Gasteiger partial charge is 0.469 e. The maximum absolute atomic E-state index is 12.9. The molecule has 122 valence electrons. The fourth-order valence-corrected chi connectivity index (χ4v) is 1.74. The third-order valence-corrected chi connectivity index (χ3v) is 2.84. The molecular weight excluding hydrogens is 311 g/mol. The minimum Gasteiger partial charge on any atom is -0.469 e. The number of hydrogen-bond donors (Lipinski definition) is 2. The molecule has 0 bridgehead atoms. The summed E-state index contributed by atoms with van der Waals surface area (Å²) in [6.07, 6.45) is -9.71. The Kier molecular flexibility index (Phi) is 5.44. The highest BCUT2D eigenvalue weighted by Crippen LogP contribution is 2.37. The summed E-state index contributed by atoms with van der Waals surface area (Å²) in [6.45, 7) is 0. The Balaban J connectivity index is 3.26. The van der Waals surface area contributed by atoms with Crippen molar-refractivity contribution in [3.63, 3.8) is 0 Å². The van der Waals surface area contributed by atoms with Gasteiger partial charge in [0, 0.05) is 17.7 Å². The Bertz CT molecular complexity index is 574. The Labute approximate surface area is 122 Å². The SMILES string of the molecule is COC(=O)CC(O)C(O)c1cc([N+](=O)[O-])ccc1C(F)(F)F. The van der Waals surface area contributed by atoms with Crippen LogP contribution in [0.25, 0.3) is 0 Å². The van der Waals surface area contributed by atoms with Gasteiger partial charge in [-0.1, -0.05) is 0 Å². The molecule has 1 aromatic carbocycles. The molecule has 2 unspecified atom stereocenters. The number of alkyl halides is 3. The molecule has 0 aliphatic heterocycles. The van der Waals surface area contributed by atoms with Crippen molar-refractivity contribution in [3.05, 3.63) is 39.4 Å². The van der Waals surface area contributed by atoms with E-state index < -0.39 is 52.5 Å². The molecule has 1 rings (SSSR count). The lowest BCUT2D eigenvalue weighted by Gasteiger charge is -2.21. The summed E-state index contributed by atoms with van der Waals surface area (Å²) >= 11 is 0. The van der Waals surface area contributed by atoms with Gasteiger partial charge < -0.3 is 14.9 Å². The van der Waals surface area contributed by atoms with Crippen molar-refractivity contribution in [3.8, 4) is 0 Å². The van der Waals surface area contributed by atoms with Crippen molar-refractivity contribution in [1.82, 2.24) is 0 Å². The van der Waals surface area contributed by atoms with Gasteiger partial charge in [-0.15, -0.1) is 0 Å². The van der Waals surface area contributed by atoms with E-state index >= 15 is 0 Å². The Morgan fingerprint density at radius 3 is 2.45 bits per heavy atom. The van der Waals surface area contributed by atoms with Crippen LogP contribution >= 0.6 is 0 Å². The van der Waals surface area contributed by atoms with Crippen LogP contribution in [-0.4, -0.2) is 34.3 Å². The summed E-state index contributed by atoms with van der Waals surface area (Å²) in [5, 5.41) is 30.0. The number of ether oxygens (including phenoxy) is 1. The van der Waals surface area contributed by atoms with Crippen LogP contribution in [0.4, 0.5) is 18.9 Å². The number of esters is 1. The van der Waals surface area contributed by atoms with Crippen LogP contribution < -0.4 is 0 Å². The smallest absolute Gasteiger partial charge is 0.416 e. The maximum atomic E-state index is 12.9. The number of carbonyl (C=O) groups is 1. The predicted octanol–water partition coefficient (Wildman–Crippen LogP) is 1.57. The zero-order valence-corrected chi connectivity index (χ0v) is 11.2. The fourth-order valence-electron chi connectivity index (χ4n) is 1.74. The Morgan fingerprint density at radius 1 is 1.41 bits per heavy atom. The number of aliphatic hydroxyl groups is 2. The fraction of sp³-hybridized carbons (Fsp3) is 0.417. The minimum atomic E-state index is -4.89. The summed E-state index contributed by atoms with van der Waals surface area (Å²) in [5.74, 6) is -0.953. The molecule has 0 aliphatic rings. The van der Waals surface area contributed by atoms with Gasteiger partial charge in [-0.25, -0.2) is 0 Å². The second-order valence-electron chi connectivity index (χ2n) is 4.32. The second-order valence-corrected chi connectivity index (χ2v) is 4.32. The highest BCUT2D eigenvalue weighted by Gasteiger charge is 2.37. The van der Waals surface area contributed by atoms with Crippen molar-refractivity contribution >= 4 is 11.7 Å². The van der Waals surface area contributed by atoms with Crippen LogP contribution in [0.1, 0.15) is 23.7 Å². The first kappa shape index (κ1) is 17.9. The molecule has 2 N–H and O–H groups in total. The molecule has 0 saturated heterocycles. The van der Waals surface area contributed by atoms with Crippen molar-refractivity contribution in [2.24, 2.45) is 0 Å². The standard InChI is InChI=1S/C12H12F3NO6/c1-22-10(18)5-9(17)11(19)7-4-6(16(20)21)2-3-8(7)12(13,14)15/h2-4,9,11,17,19H,5H2,1H3. The Hall–Kier alpha value is -2.20. The van der Waals surface area contributed by atoms with Gasteiger partial charge in [0.25, 0.3) is 5.69 Å². The lowest BCUT2D eigenvalue weighted by molar-refractivity contribution is -0.385. The number of nitro groups is 1. The second kappa shape index (κ2) is 6.71. The average molecular weight is 323 g/mol. The molecule has 0 heterocycles. The van der Waals surface area contributed by atoms with E-state index in [0.29, 0.717) is 18.2 Å². The van der Waals surface area contributed by atoms with Gasteiger partial charge in [0.1, 0.15) is 6.10 Å². The van der Waals surface area contributed by atoms with E-state index in [1.165, 1.54) is 0 Å². The highest BCUT2D eigenvalue weighted by molar-refractivity contribution is 5.69. The summed E-state index contributed by atoms with van der Waals surface area (Å²) < 4.78 is 42.9. The van der Waals surface area contributed by atoms with E-state index in [-0.39, 0.29) is 0 Å². The van der Waals surface area contributed by atoms with Crippen molar-refractivity contribution in [2.75, 3.05) is 7.11 Å². The number of benzene rings is 1. The lowest BCUT2D eigenvalue weighted by atomic mass is 9.96. The molecule has 7 nitrogen and oxygen atoms in total. The number of halogens is 3. The average Bonchev–Trinajstić information content (AvgIpc) is 2.44. The molecule has 0 spiro atoms. The molecule has 0 aliphatic carbocycles. The van der Waals surface area contributed by atoms with E-state index in [0.717, 1.165) is 7.11 Å². The molecule has 2 atom stereocenters. The van der Waals surface area contributed by atoms with Crippen LogP contribution in [0.15, 0.2) is 18.2 Å². The lowest BCUT2D eigenvalue weighted by Crippen LogP contribution is -2.25. The first-order valence-electron chi connectivity index (χ1n) is 5.86. The quantitative estimate of drug-likeness (QED) is 0.483. The normalized spacial score (nSPS) is 14.3. The number of carbonyl (C=O) groups excluding carboxylic acids is 1. The zero-order valence-electron chi connectivity index (χ0n) is 11.2. The van der Waals surface area contributed by atoms with Gasteiger partial charge in [-0.05, 0) is 6.07 Å². The molecule has 0 saturated carbocycles. The predicted molar refractivity (Wildman–Crippen MR) is 65.7 cm³/mol.